The number of alkyl halides is 3. The highest BCUT2D eigenvalue weighted by molar-refractivity contribution is 7.09. The molecule has 1 fully saturated rings. The minimum Gasteiger partial charge on any atom is -0.325 e. The van der Waals surface area contributed by atoms with Crippen LogP contribution in [0.5, 0.6) is 0 Å². The molecule has 0 saturated heterocycles. The summed E-state index contributed by atoms with van der Waals surface area (Å²) in [5, 5.41) is 0. The maximum absolute atomic E-state index is 12.7. The number of halogens is 3. The fraction of sp³-hybridized carbons (Fsp3) is 0.727. The minimum atomic E-state index is -4.11. The molecule has 1 aromatic rings. The lowest BCUT2D eigenvalue weighted by Crippen LogP contribution is -2.48. The van der Waals surface area contributed by atoms with E-state index in [0.29, 0.717) is 19.3 Å². The van der Waals surface area contributed by atoms with E-state index in [0.717, 1.165) is 4.88 Å². The Morgan fingerprint density at radius 2 is 2.29 bits per heavy atom. The number of hydrogen-bond acceptors (Lipinski definition) is 3. The lowest BCUT2D eigenvalue weighted by atomic mass is 9.74. The first-order chi connectivity index (χ1) is 7.89. The van der Waals surface area contributed by atoms with E-state index in [1.54, 1.807) is 11.7 Å². The van der Waals surface area contributed by atoms with Crippen LogP contribution in [0.3, 0.4) is 0 Å². The molecule has 1 aromatic heterocycles. The van der Waals surface area contributed by atoms with E-state index in [4.69, 9.17) is 5.73 Å². The Bertz CT molecular complexity index is 363. The second kappa shape index (κ2) is 4.57. The predicted molar refractivity (Wildman–Crippen MR) is 60.7 cm³/mol. The van der Waals surface area contributed by atoms with Crippen molar-refractivity contribution in [3.05, 3.63) is 16.6 Å². The maximum atomic E-state index is 12.7. The molecule has 1 saturated carbocycles. The van der Waals surface area contributed by atoms with Gasteiger partial charge in [0.1, 0.15) is 0 Å². The average molecular weight is 264 g/mol. The first kappa shape index (κ1) is 12.8. The van der Waals surface area contributed by atoms with Crippen molar-refractivity contribution in [3.8, 4) is 0 Å². The smallest absolute Gasteiger partial charge is 0.325 e. The average Bonchev–Trinajstić information content (AvgIpc) is 2.68. The van der Waals surface area contributed by atoms with Crippen LogP contribution in [0.4, 0.5) is 13.2 Å². The van der Waals surface area contributed by atoms with E-state index in [1.165, 1.54) is 11.3 Å². The lowest BCUT2D eigenvalue weighted by molar-refractivity contribution is -0.187. The van der Waals surface area contributed by atoms with Crippen molar-refractivity contribution in [2.75, 3.05) is 0 Å². The summed E-state index contributed by atoms with van der Waals surface area (Å²) in [6.07, 6.45) is -0.448. The van der Waals surface area contributed by atoms with Gasteiger partial charge < -0.3 is 5.73 Å². The Morgan fingerprint density at radius 3 is 2.88 bits per heavy atom. The third kappa shape index (κ3) is 3.19. The highest BCUT2D eigenvalue weighted by atomic mass is 32.1. The van der Waals surface area contributed by atoms with Crippen LogP contribution < -0.4 is 5.73 Å². The zero-order chi connectivity index (χ0) is 12.5. The fourth-order valence-corrected chi connectivity index (χ4v) is 3.26. The van der Waals surface area contributed by atoms with E-state index in [9.17, 15) is 13.2 Å². The highest BCUT2D eigenvalue weighted by Gasteiger charge is 2.46. The molecule has 1 heterocycles. The van der Waals surface area contributed by atoms with Gasteiger partial charge in [0.2, 0.25) is 0 Å². The molecule has 2 N–H and O–H groups in total. The summed E-state index contributed by atoms with van der Waals surface area (Å²) < 4.78 is 38.1. The Balaban J connectivity index is 2.05. The van der Waals surface area contributed by atoms with Gasteiger partial charge in [-0.15, -0.1) is 11.3 Å². The first-order valence-electron chi connectivity index (χ1n) is 5.62. The normalized spacial score (nSPS) is 30.5. The molecule has 0 aliphatic heterocycles. The van der Waals surface area contributed by atoms with Crippen LogP contribution in [-0.4, -0.2) is 16.7 Å². The van der Waals surface area contributed by atoms with Gasteiger partial charge >= 0.3 is 6.18 Å². The van der Waals surface area contributed by atoms with Crippen LogP contribution >= 0.6 is 11.3 Å². The molecule has 2 atom stereocenters. The third-order valence-corrected chi connectivity index (χ3v) is 4.13. The molecule has 17 heavy (non-hydrogen) atoms. The van der Waals surface area contributed by atoms with Gasteiger partial charge in [0, 0.05) is 23.0 Å². The molecular formula is C11H15F3N2S. The molecule has 1 aliphatic carbocycles. The molecular weight excluding hydrogens is 249 g/mol. The summed E-state index contributed by atoms with van der Waals surface area (Å²) >= 11 is 1.45. The number of aromatic nitrogens is 1. The minimum absolute atomic E-state index is 0.0361. The van der Waals surface area contributed by atoms with Crippen LogP contribution in [0.25, 0.3) is 0 Å². The van der Waals surface area contributed by atoms with E-state index in [2.05, 4.69) is 4.98 Å². The second-order valence-corrected chi connectivity index (χ2v) is 5.81. The summed E-state index contributed by atoms with van der Waals surface area (Å²) in [6.45, 7) is 0. The quantitative estimate of drug-likeness (QED) is 0.891. The van der Waals surface area contributed by atoms with Crippen LogP contribution in [-0.2, 0) is 6.42 Å². The Labute approximate surface area is 102 Å². The second-order valence-electron chi connectivity index (χ2n) is 4.84. The number of nitrogens with two attached hydrogens (primary N) is 1. The van der Waals surface area contributed by atoms with Crippen molar-refractivity contribution >= 4 is 11.3 Å². The van der Waals surface area contributed by atoms with E-state index in [-0.39, 0.29) is 12.8 Å². The van der Waals surface area contributed by atoms with E-state index in [1.807, 2.05) is 0 Å². The monoisotopic (exact) mass is 264 g/mol. The van der Waals surface area contributed by atoms with Crippen LogP contribution in [0.15, 0.2) is 11.7 Å². The van der Waals surface area contributed by atoms with Gasteiger partial charge in [-0.1, -0.05) is 6.42 Å². The van der Waals surface area contributed by atoms with Gasteiger partial charge in [0.25, 0.3) is 0 Å². The molecule has 0 aromatic carbocycles. The summed E-state index contributed by atoms with van der Waals surface area (Å²) in [5.74, 6) is -1.24. The number of nitrogens with zero attached hydrogens (tertiary/aromatic N) is 1. The highest BCUT2D eigenvalue weighted by Crippen LogP contribution is 2.42. The summed E-state index contributed by atoms with van der Waals surface area (Å²) in [5.41, 5.74) is 7.08. The standard InChI is InChI=1S/C11H15F3N2S/c12-11(13,14)8-2-1-3-10(15,4-8)5-9-6-16-7-17-9/h6-8H,1-5,15H2. The van der Waals surface area contributed by atoms with E-state index >= 15 is 0 Å². The molecule has 6 heteroatoms. The van der Waals surface area contributed by atoms with Crippen molar-refractivity contribution < 1.29 is 13.2 Å². The van der Waals surface area contributed by atoms with Crippen molar-refractivity contribution in [1.29, 1.82) is 0 Å². The van der Waals surface area contributed by atoms with Crippen molar-refractivity contribution in [1.82, 2.24) is 4.98 Å². The van der Waals surface area contributed by atoms with Crippen molar-refractivity contribution in [2.45, 2.75) is 43.8 Å². The van der Waals surface area contributed by atoms with E-state index < -0.39 is 17.6 Å². The molecule has 1 aliphatic rings. The van der Waals surface area contributed by atoms with Gasteiger partial charge in [-0.2, -0.15) is 13.2 Å². The van der Waals surface area contributed by atoms with Crippen LogP contribution in [0.2, 0.25) is 0 Å². The van der Waals surface area contributed by atoms with Crippen molar-refractivity contribution in [3.63, 3.8) is 0 Å². The Kier molecular flexibility index (Phi) is 3.45. The largest absolute Gasteiger partial charge is 0.391 e. The number of hydrogen-bond donors (Lipinski definition) is 1. The number of thiazole rings is 1. The van der Waals surface area contributed by atoms with Gasteiger partial charge in [0.15, 0.2) is 0 Å². The molecule has 2 nitrogen and oxygen atoms in total. The topological polar surface area (TPSA) is 38.9 Å². The number of rotatable bonds is 2. The van der Waals surface area contributed by atoms with Gasteiger partial charge in [-0.25, -0.2) is 0 Å². The zero-order valence-corrected chi connectivity index (χ0v) is 10.2. The van der Waals surface area contributed by atoms with Gasteiger partial charge in [-0.3, -0.25) is 4.98 Å². The fourth-order valence-electron chi connectivity index (χ4n) is 2.51. The van der Waals surface area contributed by atoms with Crippen LogP contribution in [0.1, 0.15) is 30.6 Å². The molecule has 0 radical (unpaired) electrons. The molecule has 0 bridgehead atoms. The predicted octanol–water partition coefficient (Wildman–Crippen LogP) is 3.14. The summed E-state index contributed by atoms with van der Waals surface area (Å²) in [4.78, 5) is 4.90. The first-order valence-corrected chi connectivity index (χ1v) is 6.50. The summed E-state index contributed by atoms with van der Waals surface area (Å²) in [7, 11) is 0. The third-order valence-electron chi connectivity index (χ3n) is 3.35. The van der Waals surface area contributed by atoms with Crippen LogP contribution in [0, 0.1) is 5.92 Å². The SMILES string of the molecule is NC1(Cc2cncs2)CCCC(C(F)(F)F)C1. The molecule has 2 unspecified atom stereocenters. The summed E-state index contributed by atoms with van der Waals surface area (Å²) in [6, 6.07) is 0. The van der Waals surface area contributed by atoms with Crippen molar-refractivity contribution in [2.24, 2.45) is 11.7 Å². The molecule has 96 valence electrons. The van der Waals surface area contributed by atoms with Gasteiger partial charge in [-0.05, 0) is 19.3 Å². The lowest BCUT2D eigenvalue weighted by Gasteiger charge is -2.38. The molecule has 0 spiro atoms. The Hall–Kier alpha value is -0.620. The zero-order valence-electron chi connectivity index (χ0n) is 9.33. The van der Waals surface area contributed by atoms with Gasteiger partial charge in [0.05, 0.1) is 11.4 Å². The maximum Gasteiger partial charge on any atom is 0.391 e. The molecule has 2 rings (SSSR count). The molecule has 0 amide bonds. The Morgan fingerprint density at radius 1 is 1.53 bits per heavy atom.